The number of nitrogens with zero attached hydrogens (tertiary/aromatic N) is 1. The van der Waals surface area contributed by atoms with Gasteiger partial charge in [-0.05, 0) is 37.1 Å². The lowest BCUT2D eigenvalue weighted by Crippen LogP contribution is -1.98. The molecule has 0 bridgehead atoms. The maximum absolute atomic E-state index is 11.4. The summed E-state index contributed by atoms with van der Waals surface area (Å²) in [5.74, 6) is -0.915. The lowest BCUT2D eigenvalue weighted by atomic mass is 10.0. The predicted molar refractivity (Wildman–Crippen MR) is 88.7 cm³/mol. The molecule has 2 heterocycles. The van der Waals surface area contributed by atoms with Gasteiger partial charge in [0.1, 0.15) is 5.69 Å². The molecule has 0 saturated carbocycles. The van der Waals surface area contributed by atoms with Crippen LogP contribution in [-0.2, 0) is 7.05 Å². The summed E-state index contributed by atoms with van der Waals surface area (Å²) in [6.07, 6.45) is 0. The van der Waals surface area contributed by atoms with E-state index in [1.54, 1.807) is 0 Å². The second-order valence-corrected chi connectivity index (χ2v) is 5.83. The third-order valence-corrected chi connectivity index (χ3v) is 4.66. The molecule has 4 rings (SSSR count). The molecule has 2 aromatic heterocycles. The van der Waals surface area contributed by atoms with E-state index in [0.29, 0.717) is 0 Å². The van der Waals surface area contributed by atoms with E-state index in [1.807, 2.05) is 19.1 Å². The van der Waals surface area contributed by atoms with Gasteiger partial charge < -0.3 is 14.7 Å². The van der Waals surface area contributed by atoms with Gasteiger partial charge in [0.05, 0.1) is 5.52 Å². The Morgan fingerprint density at radius 2 is 1.86 bits per heavy atom. The minimum atomic E-state index is -0.915. The highest BCUT2D eigenvalue weighted by Gasteiger charge is 2.19. The van der Waals surface area contributed by atoms with Gasteiger partial charge >= 0.3 is 5.97 Å². The van der Waals surface area contributed by atoms with Crippen molar-refractivity contribution in [3.8, 4) is 0 Å². The van der Waals surface area contributed by atoms with E-state index in [-0.39, 0.29) is 5.69 Å². The molecule has 2 N–H and O–H groups in total. The van der Waals surface area contributed by atoms with Crippen LogP contribution in [0.4, 0.5) is 0 Å². The van der Waals surface area contributed by atoms with Gasteiger partial charge in [-0.2, -0.15) is 0 Å². The van der Waals surface area contributed by atoms with Gasteiger partial charge in [0.25, 0.3) is 0 Å². The molecule has 0 amide bonds. The number of hydrogen-bond acceptors (Lipinski definition) is 1. The Labute approximate surface area is 127 Å². The first-order valence-electron chi connectivity index (χ1n) is 7.23. The average Bonchev–Trinajstić information content (AvgIpc) is 2.97. The van der Waals surface area contributed by atoms with Gasteiger partial charge in [-0.25, -0.2) is 4.79 Å². The van der Waals surface area contributed by atoms with Crippen LogP contribution in [0.3, 0.4) is 0 Å². The summed E-state index contributed by atoms with van der Waals surface area (Å²) < 4.78 is 2.19. The van der Waals surface area contributed by atoms with Crippen LogP contribution in [0.15, 0.2) is 30.3 Å². The monoisotopic (exact) mass is 292 g/mol. The Kier molecular flexibility index (Phi) is 2.43. The zero-order chi connectivity index (χ0) is 15.6. The lowest BCUT2D eigenvalue weighted by molar-refractivity contribution is 0.0691. The Morgan fingerprint density at radius 1 is 1.14 bits per heavy atom. The van der Waals surface area contributed by atoms with E-state index in [9.17, 15) is 9.90 Å². The van der Waals surface area contributed by atoms with Crippen molar-refractivity contribution in [3.63, 3.8) is 0 Å². The molecular weight excluding hydrogens is 276 g/mol. The first-order valence-corrected chi connectivity index (χ1v) is 7.23. The topological polar surface area (TPSA) is 58.0 Å². The van der Waals surface area contributed by atoms with Crippen LogP contribution in [0.5, 0.6) is 0 Å². The van der Waals surface area contributed by atoms with E-state index >= 15 is 0 Å². The predicted octanol–water partition coefficient (Wildman–Crippen LogP) is 4.13. The van der Waals surface area contributed by atoms with Gasteiger partial charge in [0.2, 0.25) is 0 Å². The molecule has 0 spiro atoms. The molecule has 0 unspecified atom stereocenters. The third-order valence-electron chi connectivity index (χ3n) is 4.66. The molecule has 0 aliphatic carbocycles. The Balaban J connectivity index is 2.29. The molecule has 0 aliphatic heterocycles. The number of aromatic amines is 1. The zero-order valence-corrected chi connectivity index (χ0v) is 12.7. The number of para-hydroxylation sites is 1. The third kappa shape index (κ3) is 1.44. The second-order valence-electron chi connectivity index (χ2n) is 5.83. The number of rotatable bonds is 1. The van der Waals surface area contributed by atoms with E-state index in [4.69, 9.17) is 0 Å². The Bertz CT molecular complexity index is 1080. The molecule has 4 nitrogen and oxygen atoms in total. The number of aryl methyl sites for hydroxylation is 3. The van der Waals surface area contributed by atoms with Crippen LogP contribution in [0.25, 0.3) is 32.7 Å². The maximum atomic E-state index is 11.4. The van der Waals surface area contributed by atoms with Crippen LogP contribution >= 0.6 is 0 Å². The minimum Gasteiger partial charge on any atom is -0.477 e. The number of nitrogens with one attached hydrogen (secondary N) is 1. The summed E-state index contributed by atoms with van der Waals surface area (Å²) in [7, 11) is 2.06. The van der Waals surface area contributed by atoms with Crippen LogP contribution < -0.4 is 0 Å². The summed E-state index contributed by atoms with van der Waals surface area (Å²) in [4.78, 5) is 14.4. The van der Waals surface area contributed by atoms with Crippen LogP contribution in [0.1, 0.15) is 21.6 Å². The zero-order valence-electron chi connectivity index (χ0n) is 12.7. The number of aromatic nitrogens is 2. The highest BCUT2D eigenvalue weighted by atomic mass is 16.4. The van der Waals surface area contributed by atoms with E-state index in [0.717, 1.165) is 32.9 Å². The smallest absolute Gasteiger partial charge is 0.352 e. The number of fused-ring (bicyclic) bond motifs is 4. The highest BCUT2D eigenvalue weighted by Crippen LogP contribution is 2.36. The average molecular weight is 292 g/mol. The first-order chi connectivity index (χ1) is 10.5. The van der Waals surface area contributed by atoms with Crippen molar-refractivity contribution in [1.82, 2.24) is 9.55 Å². The number of benzene rings is 2. The van der Waals surface area contributed by atoms with Crippen molar-refractivity contribution < 1.29 is 9.90 Å². The second kappa shape index (κ2) is 4.13. The van der Waals surface area contributed by atoms with Crippen LogP contribution in [0, 0.1) is 13.8 Å². The van der Waals surface area contributed by atoms with Crippen molar-refractivity contribution in [2.24, 2.45) is 7.05 Å². The summed E-state index contributed by atoms with van der Waals surface area (Å²) in [6.45, 7) is 3.93. The number of carboxylic acids is 1. The summed E-state index contributed by atoms with van der Waals surface area (Å²) >= 11 is 0. The number of aromatic carboxylic acids is 1. The fourth-order valence-corrected chi connectivity index (χ4v) is 3.71. The van der Waals surface area contributed by atoms with Crippen molar-refractivity contribution in [3.05, 3.63) is 47.2 Å². The Hall–Kier alpha value is -2.75. The van der Waals surface area contributed by atoms with E-state index in [2.05, 4.69) is 41.7 Å². The Morgan fingerprint density at radius 3 is 2.59 bits per heavy atom. The minimum absolute atomic E-state index is 0.276. The van der Waals surface area contributed by atoms with Crippen molar-refractivity contribution in [2.45, 2.75) is 13.8 Å². The van der Waals surface area contributed by atoms with Gasteiger partial charge in [-0.15, -0.1) is 0 Å². The molecule has 4 heteroatoms. The molecule has 0 fully saturated rings. The van der Waals surface area contributed by atoms with Gasteiger partial charge in [-0.1, -0.05) is 18.2 Å². The number of hydrogen-bond donors (Lipinski definition) is 2. The molecule has 110 valence electrons. The SMILES string of the molecule is Cc1c(C(=O)O)[nH]c2cc3c4ccccc4n(C)c3c(C)c12. The quantitative estimate of drug-likeness (QED) is 0.554. The normalized spacial score (nSPS) is 11.8. The largest absolute Gasteiger partial charge is 0.477 e. The van der Waals surface area contributed by atoms with Gasteiger partial charge in [-0.3, -0.25) is 0 Å². The summed E-state index contributed by atoms with van der Waals surface area (Å²) in [5, 5.41) is 12.7. The van der Waals surface area contributed by atoms with Gasteiger partial charge in [0.15, 0.2) is 0 Å². The standard InChI is InChI=1S/C18H16N2O2/c1-9-15-10(2)17-12(8-13(15)19-16(9)18(21)22)11-6-4-5-7-14(11)20(17)3/h4-8,19H,1-3H3,(H,21,22). The first kappa shape index (κ1) is 13.0. The van der Waals surface area contributed by atoms with Gasteiger partial charge in [0, 0.05) is 34.2 Å². The van der Waals surface area contributed by atoms with Crippen molar-refractivity contribution >= 4 is 38.7 Å². The van der Waals surface area contributed by atoms with E-state index in [1.165, 1.54) is 10.9 Å². The summed E-state index contributed by atoms with van der Waals surface area (Å²) in [5.41, 5.74) is 5.42. The fraction of sp³-hybridized carbons (Fsp3) is 0.167. The molecule has 0 atom stereocenters. The maximum Gasteiger partial charge on any atom is 0.352 e. The van der Waals surface area contributed by atoms with Crippen molar-refractivity contribution in [2.75, 3.05) is 0 Å². The van der Waals surface area contributed by atoms with Crippen LogP contribution in [-0.4, -0.2) is 20.6 Å². The fourth-order valence-electron chi connectivity index (χ4n) is 3.71. The molecular formula is C18H16N2O2. The number of H-pyrrole nitrogens is 1. The lowest BCUT2D eigenvalue weighted by Gasteiger charge is -2.05. The highest BCUT2D eigenvalue weighted by molar-refractivity contribution is 6.15. The molecule has 22 heavy (non-hydrogen) atoms. The molecule has 4 aromatic rings. The molecule has 2 aromatic carbocycles. The summed E-state index contributed by atoms with van der Waals surface area (Å²) in [6, 6.07) is 10.4. The molecule has 0 radical (unpaired) electrons. The molecule has 0 saturated heterocycles. The van der Waals surface area contributed by atoms with Crippen LogP contribution in [0.2, 0.25) is 0 Å². The molecule has 0 aliphatic rings. The number of carboxylic acid groups (broad SMARTS) is 1. The number of carbonyl (C=O) groups is 1. The van der Waals surface area contributed by atoms with E-state index < -0.39 is 5.97 Å². The van der Waals surface area contributed by atoms with Crippen molar-refractivity contribution in [1.29, 1.82) is 0 Å².